The minimum Gasteiger partial charge on any atom is -0.480 e. The van der Waals surface area contributed by atoms with Gasteiger partial charge in [-0.05, 0) is 0 Å². The van der Waals surface area contributed by atoms with Gasteiger partial charge in [0.2, 0.25) is 40.7 Å². The van der Waals surface area contributed by atoms with Crippen LogP contribution in [0, 0.1) is 29.1 Å². The van der Waals surface area contributed by atoms with E-state index < -0.39 is 65.7 Å². The van der Waals surface area contributed by atoms with Gasteiger partial charge >= 0.3 is 11.9 Å². The second-order valence-electron chi connectivity index (χ2n) is 6.81. The maximum atomic E-state index is 13.5. The van der Waals surface area contributed by atoms with Gasteiger partial charge in [0.1, 0.15) is 13.2 Å². The number of hydrogen-bond acceptors (Lipinski definition) is 9. The topological polar surface area (TPSA) is 139 Å². The fraction of sp³-hybridized carbons (Fsp3) is 0.571. The fourth-order valence-corrected chi connectivity index (χ4v) is 2.30. The molecule has 16 heteroatoms. The van der Waals surface area contributed by atoms with Crippen LogP contribution in [0.2, 0.25) is 0 Å². The van der Waals surface area contributed by atoms with Crippen molar-refractivity contribution in [1.29, 1.82) is 0 Å². The van der Waals surface area contributed by atoms with Crippen molar-refractivity contribution in [3.8, 4) is 5.75 Å². The van der Waals surface area contributed by atoms with Gasteiger partial charge in [-0.2, -0.15) is 8.78 Å². The summed E-state index contributed by atoms with van der Waals surface area (Å²) >= 11 is 0. The Bertz CT molecular complexity index is 861. The van der Waals surface area contributed by atoms with Crippen molar-refractivity contribution in [3.05, 3.63) is 29.1 Å². The molecule has 1 aromatic carbocycles. The van der Waals surface area contributed by atoms with Gasteiger partial charge in [-0.15, -0.1) is 0 Å². The van der Waals surface area contributed by atoms with Gasteiger partial charge in [0.25, 0.3) is 0 Å². The Morgan fingerprint density at radius 1 is 0.622 bits per heavy atom. The smallest absolute Gasteiger partial charge is 0.329 e. The Kier molecular flexibility index (Phi) is 15.9. The lowest BCUT2D eigenvalue weighted by atomic mass is 10.2. The highest BCUT2D eigenvalue weighted by molar-refractivity contribution is 5.77. The van der Waals surface area contributed by atoms with Gasteiger partial charge in [0, 0.05) is 6.54 Å². The zero-order chi connectivity index (χ0) is 27.6. The molecule has 0 unspecified atom stereocenters. The standard InChI is InChI=1S/C21H26F5NO10/c22-16-17(23)19(25)21(20(26)18(16)24)37-15(31)1-3-32-5-7-34-9-10-35-8-6-33-4-2-27-13(28)11-36-12-14(29)30/h1-12H2,(H,27,28)(H,29,30). The van der Waals surface area contributed by atoms with Crippen LogP contribution >= 0.6 is 0 Å². The first-order valence-corrected chi connectivity index (χ1v) is 10.7. The van der Waals surface area contributed by atoms with E-state index in [2.05, 4.69) is 14.8 Å². The Balaban J connectivity index is 1.95. The lowest BCUT2D eigenvalue weighted by Crippen LogP contribution is -2.31. The maximum Gasteiger partial charge on any atom is 0.329 e. The maximum absolute atomic E-state index is 13.5. The molecule has 0 saturated heterocycles. The zero-order valence-electron chi connectivity index (χ0n) is 19.5. The molecule has 11 nitrogen and oxygen atoms in total. The number of halogens is 5. The van der Waals surface area contributed by atoms with Crippen molar-refractivity contribution in [2.24, 2.45) is 0 Å². The van der Waals surface area contributed by atoms with Crippen molar-refractivity contribution < 1.29 is 69.9 Å². The minimum absolute atomic E-state index is 0.0476. The third-order valence-corrected chi connectivity index (χ3v) is 3.98. The van der Waals surface area contributed by atoms with Crippen LogP contribution in [0.4, 0.5) is 22.0 Å². The number of hydrogen-bond donors (Lipinski definition) is 2. The van der Waals surface area contributed by atoms with Crippen LogP contribution in [0.5, 0.6) is 5.75 Å². The van der Waals surface area contributed by atoms with E-state index >= 15 is 0 Å². The van der Waals surface area contributed by atoms with Crippen molar-refractivity contribution in [3.63, 3.8) is 0 Å². The third-order valence-electron chi connectivity index (χ3n) is 3.98. The summed E-state index contributed by atoms with van der Waals surface area (Å²) < 4.78 is 95.6. The summed E-state index contributed by atoms with van der Waals surface area (Å²) in [5, 5.41) is 10.8. The first kappa shape index (κ1) is 32.1. The molecule has 1 amide bonds. The zero-order valence-corrected chi connectivity index (χ0v) is 19.5. The first-order valence-electron chi connectivity index (χ1n) is 10.7. The van der Waals surface area contributed by atoms with Crippen molar-refractivity contribution >= 4 is 17.8 Å². The number of aliphatic carboxylic acids is 1. The number of carboxylic acid groups (broad SMARTS) is 1. The molecule has 210 valence electrons. The SMILES string of the molecule is O=C(O)COCC(=O)NCCOCCOCCOCCOCCC(=O)Oc1c(F)c(F)c(F)c(F)c1F. The molecule has 0 radical (unpaired) electrons. The monoisotopic (exact) mass is 547 g/mol. The summed E-state index contributed by atoms with van der Waals surface area (Å²) in [4.78, 5) is 33.1. The summed E-state index contributed by atoms with van der Waals surface area (Å²) in [5.41, 5.74) is 0. The van der Waals surface area contributed by atoms with Gasteiger partial charge in [0.05, 0.1) is 59.3 Å². The summed E-state index contributed by atoms with van der Waals surface area (Å²) in [7, 11) is 0. The van der Waals surface area contributed by atoms with E-state index in [1.54, 1.807) is 0 Å². The van der Waals surface area contributed by atoms with Gasteiger partial charge in [0.15, 0.2) is 0 Å². The third kappa shape index (κ3) is 13.3. The molecular formula is C21H26F5NO10. The highest BCUT2D eigenvalue weighted by Crippen LogP contribution is 2.29. The predicted molar refractivity (Wildman–Crippen MR) is 111 cm³/mol. The van der Waals surface area contributed by atoms with Gasteiger partial charge in [-0.1, -0.05) is 0 Å². The number of ether oxygens (including phenoxy) is 6. The number of rotatable bonds is 20. The first-order chi connectivity index (χ1) is 17.6. The van der Waals surface area contributed by atoms with Crippen molar-refractivity contribution in [1.82, 2.24) is 5.32 Å². The van der Waals surface area contributed by atoms with Gasteiger partial charge < -0.3 is 38.8 Å². The van der Waals surface area contributed by atoms with E-state index in [-0.39, 0.29) is 66.0 Å². The predicted octanol–water partition coefficient (Wildman–Crippen LogP) is 0.961. The highest BCUT2D eigenvalue weighted by Gasteiger charge is 2.28. The number of benzene rings is 1. The molecular weight excluding hydrogens is 521 g/mol. The second kappa shape index (κ2) is 18.3. The average molecular weight is 547 g/mol. The number of amides is 1. The van der Waals surface area contributed by atoms with Gasteiger partial charge in [-0.25, -0.2) is 18.0 Å². The second-order valence-corrected chi connectivity index (χ2v) is 6.81. The molecule has 0 heterocycles. The molecule has 0 bridgehead atoms. The molecule has 0 aromatic heterocycles. The van der Waals surface area contributed by atoms with E-state index in [1.165, 1.54) is 0 Å². The van der Waals surface area contributed by atoms with Crippen LogP contribution < -0.4 is 10.1 Å². The van der Waals surface area contributed by atoms with E-state index in [0.717, 1.165) is 0 Å². The summed E-state index contributed by atoms with van der Waals surface area (Å²) in [6, 6.07) is 0. The van der Waals surface area contributed by atoms with Crippen LogP contribution in [0.3, 0.4) is 0 Å². The Hall–Kier alpha value is -2.92. The number of carbonyl (C=O) groups excluding carboxylic acids is 2. The van der Waals surface area contributed by atoms with Crippen molar-refractivity contribution in [2.75, 3.05) is 72.6 Å². The summed E-state index contributed by atoms with van der Waals surface area (Å²) in [6.07, 6.45) is -0.509. The molecule has 2 N–H and O–H groups in total. The Labute approximate surface area is 207 Å². The fourth-order valence-electron chi connectivity index (χ4n) is 2.30. The number of nitrogens with one attached hydrogen (secondary N) is 1. The lowest BCUT2D eigenvalue weighted by molar-refractivity contribution is -0.143. The summed E-state index contributed by atoms with van der Waals surface area (Å²) in [6.45, 7) is 0.427. The van der Waals surface area contributed by atoms with E-state index in [9.17, 15) is 36.3 Å². The van der Waals surface area contributed by atoms with Crippen LogP contribution in [0.1, 0.15) is 6.42 Å². The lowest BCUT2D eigenvalue weighted by Gasteiger charge is -2.09. The van der Waals surface area contributed by atoms with Crippen LogP contribution in [-0.2, 0) is 38.1 Å². The molecule has 0 aliphatic carbocycles. The number of esters is 1. The van der Waals surface area contributed by atoms with Crippen LogP contribution in [-0.4, -0.2) is 95.6 Å². The van der Waals surface area contributed by atoms with E-state index in [0.29, 0.717) is 0 Å². The summed E-state index contributed by atoms with van der Waals surface area (Å²) in [5.74, 6) is -15.9. The Morgan fingerprint density at radius 2 is 1.08 bits per heavy atom. The molecule has 1 aromatic rings. The average Bonchev–Trinajstić information content (AvgIpc) is 2.86. The minimum atomic E-state index is -2.36. The highest BCUT2D eigenvalue weighted by atomic mass is 19.2. The largest absolute Gasteiger partial charge is 0.480 e. The van der Waals surface area contributed by atoms with E-state index in [4.69, 9.17) is 24.1 Å². The quantitative estimate of drug-likeness (QED) is 0.0606. The Morgan fingerprint density at radius 3 is 1.59 bits per heavy atom. The molecule has 0 fully saturated rings. The molecule has 0 spiro atoms. The molecule has 0 atom stereocenters. The number of carbonyl (C=O) groups is 3. The van der Waals surface area contributed by atoms with Crippen LogP contribution in [0.25, 0.3) is 0 Å². The number of carboxylic acids is 1. The molecule has 1 rings (SSSR count). The van der Waals surface area contributed by atoms with Crippen LogP contribution in [0.15, 0.2) is 0 Å². The molecule has 0 aliphatic heterocycles. The van der Waals surface area contributed by atoms with Gasteiger partial charge in [-0.3, -0.25) is 9.59 Å². The molecule has 0 saturated carbocycles. The van der Waals surface area contributed by atoms with E-state index in [1.807, 2.05) is 0 Å². The molecule has 0 aliphatic rings. The normalized spacial score (nSPS) is 10.9. The van der Waals surface area contributed by atoms with Crippen molar-refractivity contribution in [2.45, 2.75) is 6.42 Å². The molecule has 37 heavy (non-hydrogen) atoms.